The maximum Gasteiger partial charge on any atom is 0.170 e. The van der Waals surface area contributed by atoms with Gasteiger partial charge in [-0.15, -0.1) is 0 Å². The number of rotatable bonds is 5. The normalized spacial score (nSPS) is 15.8. The Kier molecular flexibility index (Phi) is 3.75. The van der Waals surface area contributed by atoms with Crippen LogP contribution in [0.2, 0.25) is 0 Å². The highest BCUT2D eigenvalue weighted by atomic mass is 16.4. The van der Waals surface area contributed by atoms with Gasteiger partial charge in [0.2, 0.25) is 0 Å². The van der Waals surface area contributed by atoms with Crippen LogP contribution in [0.1, 0.15) is 30.9 Å². The first kappa shape index (κ1) is 12.7. The molecule has 1 aromatic rings. The molecule has 0 radical (unpaired) electrons. The number of amidine groups is 1. The highest BCUT2D eigenvalue weighted by molar-refractivity contribution is 5.98. The van der Waals surface area contributed by atoms with Crippen LogP contribution in [0.4, 0.5) is 5.69 Å². The van der Waals surface area contributed by atoms with Gasteiger partial charge in [0, 0.05) is 24.3 Å². The van der Waals surface area contributed by atoms with Gasteiger partial charge < -0.3 is 15.8 Å². The lowest BCUT2D eigenvalue weighted by Crippen LogP contribution is -2.25. The summed E-state index contributed by atoms with van der Waals surface area (Å²) in [5.74, 6) is 1.04. The number of anilines is 1. The van der Waals surface area contributed by atoms with E-state index in [-0.39, 0.29) is 5.84 Å². The minimum atomic E-state index is 0.171. The number of nitrogens with two attached hydrogens (primary N) is 1. The van der Waals surface area contributed by atoms with Gasteiger partial charge in [-0.1, -0.05) is 5.16 Å². The van der Waals surface area contributed by atoms with Crippen LogP contribution in [0, 0.1) is 12.8 Å². The molecule has 98 valence electrons. The van der Waals surface area contributed by atoms with E-state index in [1.165, 1.54) is 18.5 Å². The second-order valence-corrected chi connectivity index (χ2v) is 4.97. The van der Waals surface area contributed by atoms with Crippen molar-refractivity contribution in [1.29, 1.82) is 0 Å². The topological polar surface area (TPSA) is 61.8 Å². The zero-order valence-electron chi connectivity index (χ0n) is 11.1. The van der Waals surface area contributed by atoms with Gasteiger partial charge in [-0.2, -0.15) is 0 Å². The predicted octanol–water partition coefficient (Wildman–Crippen LogP) is 2.33. The lowest BCUT2D eigenvalue weighted by molar-refractivity contribution is 0.318. The molecule has 3 N–H and O–H groups in total. The maximum atomic E-state index is 8.72. The Labute approximate surface area is 108 Å². The van der Waals surface area contributed by atoms with Crippen molar-refractivity contribution in [2.45, 2.75) is 26.7 Å². The molecule has 0 bridgehead atoms. The van der Waals surface area contributed by atoms with Crippen LogP contribution in [0.5, 0.6) is 0 Å². The first-order chi connectivity index (χ1) is 8.65. The summed E-state index contributed by atoms with van der Waals surface area (Å²) >= 11 is 0. The zero-order chi connectivity index (χ0) is 13.1. The summed E-state index contributed by atoms with van der Waals surface area (Å²) in [6.45, 7) is 6.31. The second kappa shape index (κ2) is 5.29. The molecule has 0 saturated heterocycles. The molecule has 4 nitrogen and oxygen atoms in total. The summed E-state index contributed by atoms with van der Waals surface area (Å²) in [5.41, 5.74) is 8.68. The SMILES string of the molecule is CCN(CC1CC1)c1ccc(/C(N)=N/O)c(C)c1. The van der Waals surface area contributed by atoms with Crippen LogP contribution in [0.3, 0.4) is 0 Å². The molecule has 0 amide bonds. The van der Waals surface area contributed by atoms with Crippen LogP contribution < -0.4 is 10.6 Å². The number of benzene rings is 1. The number of oxime groups is 1. The fraction of sp³-hybridized carbons (Fsp3) is 0.500. The fourth-order valence-corrected chi connectivity index (χ4v) is 2.21. The fourth-order valence-electron chi connectivity index (χ4n) is 2.21. The summed E-state index contributed by atoms with van der Waals surface area (Å²) < 4.78 is 0. The second-order valence-electron chi connectivity index (χ2n) is 4.97. The first-order valence-corrected chi connectivity index (χ1v) is 6.49. The van der Waals surface area contributed by atoms with Gasteiger partial charge in [0.05, 0.1) is 0 Å². The lowest BCUT2D eigenvalue weighted by atomic mass is 10.1. The molecule has 1 aliphatic carbocycles. The van der Waals surface area contributed by atoms with E-state index in [9.17, 15) is 0 Å². The largest absolute Gasteiger partial charge is 0.409 e. The van der Waals surface area contributed by atoms with E-state index < -0.39 is 0 Å². The van der Waals surface area contributed by atoms with Crippen LogP contribution in [0.25, 0.3) is 0 Å². The summed E-state index contributed by atoms with van der Waals surface area (Å²) in [7, 11) is 0. The minimum Gasteiger partial charge on any atom is -0.409 e. The molecule has 2 rings (SSSR count). The third-order valence-corrected chi connectivity index (χ3v) is 3.52. The molecule has 4 heteroatoms. The van der Waals surface area contributed by atoms with Gasteiger partial charge in [0.25, 0.3) is 0 Å². The van der Waals surface area contributed by atoms with Gasteiger partial charge in [-0.3, -0.25) is 0 Å². The van der Waals surface area contributed by atoms with Crippen molar-refractivity contribution in [2.24, 2.45) is 16.8 Å². The van der Waals surface area contributed by atoms with E-state index in [1.54, 1.807) is 0 Å². The summed E-state index contributed by atoms with van der Waals surface area (Å²) in [4.78, 5) is 2.39. The average molecular weight is 247 g/mol. The highest BCUT2D eigenvalue weighted by Gasteiger charge is 2.24. The molecule has 18 heavy (non-hydrogen) atoms. The summed E-state index contributed by atoms with van der Waals surface area (Å²) in [5, 5.41) is 11.8. The standard InChI is InChI=1S/C14H21N3O/c1-3-17(9-11-4-5-11)12-6-7-13(10(2)8-12)14(15)16-18/h6-8,11,18H,3-5,9H2,1-2H3,(H2,15,16). The van der Waals surface area contributed by atoms with Gasteiger partial charge in [0.1, 0.15) is 0 Å². The average Bonchev–Trinajstić information content (AvgIpc) is 3.19. The molecule has 0 aliphatic heterocycles. The van der Waals surface area contributed by atoms with E-state index >= 15 is 0 Å². The number of nitrogens with zero attached hydrogens (tertiary/aromatic N) is 2. The van der Waals surface area contributed by atoms with Crippen LogP contribution in [-0.2, 0) is 0 Å². The van der Waals surface area contributed by atoms with Gasteiger partial charge in [-0.05, 0) is 56.4 Å². The number of hydrogen-bond acceptors (Lipinski definition) is 3. The lowest BCUT2D eigenvalue weighted by Gasteiger charge is -2.24. The van der Waals surface area contributed by atoms with Crippen molar-refractivity contribution in [3.05, 3.63) is 29.3 Å². The van der Waals surface area contributed by atoms with Crippen molar-refractivity contribution in [3.8, 4) is 0 Å². The molecule has 1 saturated carbocycles. The highest BCUT2D eigenvalue weighted by Crippen LogP contribution is 2.31. The molecule has 1 aliphatic rings. The Balaban J connectivity index is 2.20. The van der Waals surface area contributed by atoms with E-state index in [1.807, 2.05) is 19.1 Å². The zero-order valence-corrected chi connectivity index (χ0v) is 11.1. The van der Waals surface area contributed by atoms with E-state index in [0.29, 0.717) is 0 Å². The third kappa shape index (κ3) is 2.75. The quantitative estimate of drug-likeness (QED) is 0.363. The number of aryl methyl sites for hydroxylation is 1. The van der Waals surface area contributed by atoms with Gasteiger partial charge >= 0.3 is 0 Å². The maximum absolute atomic E-state index is 8.72. The Bertz CT molecular complexity index is 452. The predicted molar refractivity (Wildman–Crippen MR) is 74.3 cm³/mol. The van der Waals surface area contributed by atoms with Crippen molar-refractivity contribution in [1.82, 2.24) is 0 Å². The Morgan fingerprint density at radius 3 is 2.72 bits per heavy atom. The van der Waals surface area contributed by atoms with E-state index in [2.05, 4.69) is 23.0 Å². The van der Waals surface area contributed by atoms with Crippen molar-refractivity contribution >= 4 is 11.5 Å². The Morgan fingerprint density at radius 2 is 2.22 bits per heavy atom. The Morgan fingerprint density at radius 1 is 1.50 bits per heavy atom. The monoisotopic (exact) mass is 247 g/mol. The van der Waals surface area contributed by atoms with Crippen LogP contribution >= 0.6 is 0 Å². The first-order valence-electron chi connectivity index (χ1n) is 6.49. The molecule has 0 unspecified atom stereocenters. The summed E-state index contributed by atoms with van der Waals surface area (Å²) in [6, 6.07) is 6.08. The molecule has 0 aromatic heterocycles. The Hall–Kier alpha value is -1.71. The molecule has 1 fully saturated rings. The van der Waals surface area contributed by atoms with E-state index in [4.69, 9.17) is 10.9 Å². The van der Waals surface area contributed by atoms with Crippen LogP contribution in [-0.4, -0.2) is 24.1 Å². The van der Waals surface area contributed by atoms with Crippen molar-refractivity contribution < 1.29 is 5.21 Å². The van der Waals surface area contributed by atoms with Gasteiger partial charge in [0.15, 0.2) is 5.84 Å². The van der Waals surface area contributed by atoms with E-state index in [0.717, 1.165) is 30.1 Å². The van der Waals surface area contributed by atoms with Crippen LogP contribution in [0.15, 0.2) is 23.4 Å². The minimum absolute atomic E-state index is 0.171. The molecule has 0 heterocycles. The molecular formula is C14H21N3O. The summed E-state index contributed by atoms with van der Waals surface area (Å²) in [6.07, 6.45) is 2.72. The molecular weight excluding hydrogens is 226 g/mol. The van der Waals surface area contributed by atoms with Crippen molar-refractivity contribution in [3.63, 3.8) is 0 Å². The third-order valence-electron chi connectivity index (χ3n) is 3.52. The smallest absolute Gasteiger partial charge is 0.170 e. The van der Waals surface area contributed by atoms with Gasteiger partial charge in [-0.25, -0.2) is 0 Å². The molecule has 1 aromatic carbocycles. The molecule has 0 spiro atoms. The number of hydrogen-bond donors (Lipinski definition) is 2. The molecule has 0 atom stereocenters. The van der Waals surface area contributed by atoms with Crippen molar-refractivity contribution in [2.75, 3.05) is 18.0 Å².